The number of hydrogen-bond donors (Lipinski definition) is 0. The highest BCUT2D eigenvalue weighted by atomic mass is 16.5. The van der Waals surface area contributed by atoms with Crippen LogP contribution in [0.25, 0.3) is 0 Å². The van der Waals surface area contributed by atoms with Crippen LogP contribution in [-0.2, 0) is 18.2 Å². The SMILES string of the molecule is CN(C)CC1COCCN(CCc2nccn2C)C1. The van der Waals surface area contributed by atoms with E-state index in [1.807, 2.05) is 12.4 Å². The minimum atomic E-state index is 0.610. The zero-order valence-corrected chi connectivity index (χ0v) is 12.4. The molecular formula is C14H26N4O. The number of hydrogen-bond acceptors (Lipinski definition) is 4. The molecule has 1 saturated heterocycles. The molecule has 1 fully saturated rings. The Morgan fingerprint density at radius 1 is 1.47 bits per heavy atom. The van der Waals surface area contributed by atoms with Crippen molar-refractivity contribution in [3.8, 4) is 0 Å². The second-order valence-corrected chi connectivity index (χ2v) is 5.71. The van der Waals surface area contributed by atoms with Crippen LogP contribution in [0.1, 0.15) is 5.82 Å². The molecule has 0 aliphatic carbocycles. The van der Waals surface area contributed by atoms with Gasteiger partial charge in [0.1, 0.15) is 5.82 Å². The molecule has 0 spiro atoms. The third-order valence-corrected chi connectivity index (χ3v) is 3.62. The number of rotatable bonds is 5. The number of aryl methyl sites for hydroxylation is 1. The molecule has 1 aromatic heterocycles. The predicted molar refractivity (Wildman–Crippen MR) is 76.2 cm³/mol. The summed E-state index contributed by atoms with van der Waals surface area (Å²) in [7, 11) is 6.31. The van der Waals surface area contributed by atoms with Crippen molar-refractivity contribution in [2.75, 3.05) is 53.5 Å². The molecule has 1 aliphatic heterocycles. The smallest absolute Gasteiger partial charge is 0.109 e. The Bertz CT molecular complexity index is 377. The molecule has 0 bridgehead atoms. The van der Waals surface area contributed by atoms with Gasteiger partial charge in [-0.1, -0.05) is 0 Å². The van der Waals surface area contributed by atoms with Crippen molar-refractivity contribution in [1.82, 2.24) is 19.4 Å². The topological polar surface area (TPSA) is 33.5 Å². The van der Waals surface area contributed by atoms with Crippen LogP contribution in [0.2, 0.25) is 0 Å². The van der Waals surface area contributed by atoms with E-state index in [9.17, 15) is 0 Å². The summed E-state index contributed by atoms with van der Waals surface area (Å²) in [4.78, 5) is 9.14. The minimum Gasteiger partial charge on any atom is -0.380 e. The summed E-state index contributed by atoms with van der Waals surface area (Å²) in [5.41, 5.74) is 0. The maximum atomic E-state index is 5.71. The lowest BCUT2D eigenvalue weighted by atomic mass is 10.1. The van der Waals surface area contributed by atoms with Gasteiger partial charge in [-0.15, -0.1) is 0 Å². The lowest BCUT2D eigenvalue weighted by Gasteiger charge is -2.25. The Hall–Kier alpha value is -0.910. The van der Waals surface area contributed by atoms with Crippen molar-refractivity contribution in [3.05, 3.63) is 18.2 Å². The molecule has 1 atom stereocenters. The third kappa shape index (κ3) is 4.60. The predicted octanol–water partition coefficient (Wildman–Crippen LogP) is 0.473. The van der Waals surface area contributed by atoms with Crippen LogP contribution in [0, 0.1) is 5.92 Å². The monoisotopic (exact) mass is 266 g/mol. The van der Waals surface area contributed by atoms with Gasteiger partial charge < -0.3 is 19.1 Å². The van der Waals surface area contributed by atoms with Crippen molar-refractivity contribution < 1.29 is 4.74 Å². The summed E-state index contributed by atoms with van der Waals surface area (Å²) in [5, 5.41) is 0. The standard InChI is InChI=1S/C14H26N4O/c1-16(2)10-13-11-18(8-9-19-12-13)6-4-14-15-5-7-17(14)3/h5,7,13H,4,6,8-12H2,1-3H3. The van der Waals surface area contributed by atoms with Gasteiger partial charge in [0.15, 0.2) is 0 Å². The van der Waals surface area contributed by atoms with Gasteiger partial charge in [-0.05, 0) is 14.1 Å². The van der Waals surface area contributed by atoms with E-state index in [0.717, 1.165) is 51.6 Å². The molecule has 1 unspecified atom stereocenters. The lowest BCUT2D eigenvalue weighted by molar-refractivity contribution is 0.112. The van der Waals surface area contributed by atoms with E-state index in [2.05, 4.69) is 40.5 Å². The van der Waals surface area contributed by atoms with Crippen LogP contribution in [-0.4, -0.2) is 72.8 Å². The van der Waals surface area contributed by atoms with Gasteiger partial charge in [0, 0.05) is 58.0 Å². The molecule has 0 radical (unpaired) electrons. The second kappa shape index (κ2) is 7.03. The van der Waals surface area contributed by atoms with Crippen molar-refractivity contribution in [2.24, 2.45) is 13.0 Å². The zero-order valence-electron chi connectivity index (χ0n) is 12.4. The van der Waals surface area contributed by atoms with Gasteiger partial charge in [-0.25, -0.2) is 4.98 Å². The van der Waals surface area contributed by atoms with Crippen LogP contribution < -0.4 is 0 Å². The third-order valence-electron chi connectivity index (χ3n) is 3.62. The number of aromatic nitrogens is 2. The average Bonchev–Trinajstić information content (AvgIpc) is 2.62. The maximum Gasteiger partial charge on any atom is 0.109 e. The fraction of sp³-hybridized carbons (Fsp3) is 0.786. The molecule has 0 saturated carbocycles. The summed E-state index contributed by atoms with van der Waals surface area (Å²) in [6, 6.07) is 0. The quantitative estimate of drug-likeness (QED) is 0.776. The van der Waals surface area contributed by atoms with E-state index in [-0.39, 0.29) is 0 Å². The number of nitrogens with zero attached hydrogens (tertiary/aromatic N) is 4. The average molecular weight is 266 g/mol. The van der Waals surface area contributed by atoms with Gasteiger partial charge in [-0.3, -0.25) is 0 Å². The van der Waals surface area contributed by atoms with Crippen LogP contribution in [0.4, 0.5) is 0 Å². The summed E-state index contributed by atoms with van der Waals surface area (Å²) < 4.78 is 7.81. The Balaban J connectivity index is 1.83. The summed E-state index contributed by atoms with van der Waals surface area (Å²) in [6.07, 6.45) is 4.89. The van der Waals surface area contributed by atoms with Gasteiger partial charge in [0.2, 0.25) is 0 Å². The molecule has 1 aliphatic rings. The fourth-order valence-corrected chi connectivity index (χ4v) is 2.68. The Morgan fingerprint density at radius 2 is 2.32 bits per heavy atom. The van der Waals surface area contributed by atoms with Gasteiger partial charge in [0.05, 0.1) is 13.2 Å². The normalized spacial score (nSPS) is 21.8. The Labute approximate surface area is 116 Å². The van der Waals surface area contributed by atoms with E-state index in [1.165, 1.54) is 0 Å². The summed E-state index contributed by atoms with van der Waals surface area (Å²) >= 11 is 0. The van der Waals surface area contributed by atoms with Gasteiger partial charge in [-0.2, -0.15) is 0 Å². The van der Waals surface area contributed by atoms with Crippen molar-refractivity contribution in [2.45, 2.75) is 6.42 Å². The summed E-state index contributed by atoms with van der Waals surface area (Å²) in [5.74, 6) is 1.77. The largest absolute Gasteiger partial charge is 0.380 e. The number of ether oxygens (including phenoxy) is 1. The fourth-order valence-electron chi connectivity index (χ4n) is 2.68. The minimum absolute atomic E-state index is 0.610. The highest BCUT2D eigenvalue weighted by Gasteiger charge is 2.19. The first-order chi connectivity index (χ1) is 9.15. The van der Waals surface area contributed by atoms with E-state index < -0.39 is 0 Å². The van der Waals surface area contributed by atoms with Crippen LogP contribution in [0.15, 0.2) is 12.4 Å². The second-order valence-electron chi connectivity index (χ2n) is 5.71. The molecule has 2 rings (SSSR count). The highest BCUT2D eigenvalue weighted by molar-refractivity contribution is 4.92. The molecule has 108 valence electrons. The first kappa shape index (κ1) is 14.5. The molecule has 1 aromatic rings. The maximum absolute atomic E-state index is 5.71. The lowest BCUT2D eigenvalue weighted by Crippen LogP contribution is -2.36. The van der Waals surface area contributed by atoms with E-state index in [4.69, 9.17) is 4.74 Å². The first-order valence-corrected chi connectivity index (χ1v) is 7.06. The van der Waals surface area contributed by atoms with Crippen LogP contribution >= 0.6 is 0 Å². The molecule has 5 heteroatoms. The molecular weight excluding hydrogens is 240 g/mol. The van der Waals surface area contributed by atoms with Gasteiger partial charge in [0.25, 0.3) is 0 Å². The van der Waals surface area contributed by atoms with E-state index in [1.54, 1.807) is 0 Å². The molecule has 5 nitrogen and oxygen atoms in total. The molecule has 0 aromatic carbocycles. The van der Waals surface area contributed by atoms with Crippen molar-refractivity contribution >= 4 is 0 Å². The van der Waals surface area contributed by atoms with Crippen molar-refractivity contribution in [1.29, 1.82) is 0 Å². The first-order valence-electron chi connectivity index (χ1n) is 7.06. The number of imidazole rings is 1. The van der Waals surface area contributed by atoms with E-state index in [0.29, 0.717) is 5.92 Å². The molecule has 19 heavy (non-hydrogen) atoms. The Morgan fingerprint density at radius 3 is 3.00 bits per heavy atom. The molecule has 0 amide bonds. The van der Waals surface area contributed by atoms with E-state index >= 15 is 0 Å². The van der Waals surface area contributed by atoms with Crippen LogP contribution in [0.3, 0.4) is 0 Å². The molecule has 0 N–H and O–H groups in total. The van der Waals surface area contributed by atoms with Crippen molar-refractivity contribution in [3.63, 3.8) is 0 Å². The highest BCUT2D eigenvalue weighted by Crippen LogP contribution is 2.09. The Kier molecular flexibility index (Phi) is 5.36. The zero-order chi connectivity index (χ0) is 13.7. The molecule has 2 heterocycles. The van der Waals surface area contributed by atoms with Gasteiger partial charge >= 0.3 is 0 Å². The van der Waals surface area contributed by atoms with Crippen LogP contribution in [0.5, 0.6) is 0 Å². The summed E-state index contributed by atoms with van der Waals surface area (Å²) in [6.45, 7) is 6.07.